The van der Waals surface area contributed by atoms with E-state index in [4.69, 9.17) is 39.2 Å². The van der Waals surface area contributed by atoms with Gasteiger partial charge in [0.2, 0.25) is 0 Å². The van der Waals surface area contributed by atoms with Crippen molar-refractivity contribution in [1.82, 2.24) is 9.55 Å². The molecule has 1 fully saturated rings. The Morgan fingerprint density at radius 2 is 1.57 bits per heavy atom. The molecule has 2 heterocycles. The third-order valence-electron chi connectivity index (χ3n) is 7.79. The molecule has 10 nitrogen and oxygen atoms in total. The topological polar surface area (TPSA) is 110 Å². The predicted octanol–water partition coefficient (Wildman–Crippen LogP) is 6.21. The van der Waals surface area contributed by atoms with Crippen LogP contribution in [0.5, 0.6) is 11.5 Å². The van der Waals surface area contributed by atoms with E-state index in [1.54, 1.807) is 27.2 Å². The van der Waals surface area contributed by atoms with Gasteiger partial charge >= 0.3 is 5.69 Å². The van der Waals surface area contributed by atoms with Gasteiger partial charge in [-0.15, -0.1) is 6.58 Å². The standard InChI is InChI=1S/C34H36ClN2O8P/c1-5-19-43-46(35)45-29-20-31(37-21-23(2)32(38)36-33(37)39)44-30(29)22-42-34(24-9-7-6-8-10-24,25-11-15-27(40-3)16-12-25)26-13-17-28(41-4)18-14-26/h5-18,21,29-31H,1,19-20,22H2,2-4H3,(H,36,38,39)/t29-,30+,31+,46?/m0/s1. The molecule has 0 amide bonds. The first kappa shape index (κ1) is 33.6. The van der Waals surface area contributed by atoms with Crippen LogP contribution < -0.4 is 20.7 Å². The molecule has 0 spiro atoms. The highest BCUT2D eigenvalue weighted by Crippen LogP contribution is 2.49. The van der Waals surface area contributed by atoms with Gasteiger partial charge in [0.05, 0.1) is 33.5 Å². The first-order valence-corrected chi connectivity index (χ1v) is 16.7. The fourth-order valence-corrected chi connectivity index (χ4v) is 6.66. The van der Waals surface area contributed by atoms with Crippen molar-refractivity contribution in [2.75, 3.05) is 27.4 Å². The van der Waals surface area contributed by atoms with Gasteiger partial charge in [0, 0.05) is 18.2 Å². The van der Waals surface area contributed by atoms with Crippen LogP contribution >= 0.6 is 19.0 Å². The minimum atomic E-state index is -1.82. The summed E-state index contributed by atoms with van der Waals surface area (Å²) in [6.45, 7) is 5.53. The van der Waals surface area contributed by atoms with Crippen molar-refractivity contribution < 1.29 is 28.0 Å². The summed E-state index contributed by atoms with van der Waals surface area (Å²) >= 11 is 6.45. The van der Waals surface area contributed by atoms with Gasteiger partial charge in [0.15, 0.2) is 0 Å². The zero-order valence-corrected chi connectivity index (χ0v) is 27.4. The summed E-state index contributed by atoms with van der Waals surface area (Å²) in [6, 6.07) is 25.3. The van der Waals surface area contributed by atoms with E-state index in [-0.39, 0.29) is 19.6 Å². The Hall–Kier alpha value is -3.76. The second kappa shape index (κ2) is 15.2. The van der Waals surface area contributed by atoms with Crippen LogP contribution in [0.15, 0.2) is 107 Å². The Bertz CT molecular complexity index is 1670. The number of hydrogen-bond acceptors (Lipinski definition) is 8. The first-order valence-electron chi connectivity index (χ1n) is 14.6. The van der Waals surface area contributed by atoms with Crippen LogP contribution in [0.4, 0.5) is 0 Å². The minimum Gasteiger partial charge on any atom is -0.497 e. The van der Waals surface area contributed by atoms with Gasteiger partial charge in [0.25, 0.3) is 13.3 Å². The zero-order valence-electron chi connectivity index (χ0n) is 25.8. The van der Waals surface area contributed by atoms with Crippen LogP contribution in [0.1, 0.15) is 34.9 Å². The number of halogens is 1. The molecule has 4 aromatic rings. The van der Waals surface area contributed by atoms with Crippen molar-refractivity contribution in [3.63, 3.8) is 0 Å². The molecule has 0 aliphatic carbocycles. The first-order chi connectivity index (χ1) is 22.3. The smallest absolute Gasteiger partial charge is 0.330 e. The van der Waals surface area contributed by atoms with Crippen molar-refractivity contribution in [3.8, 4) is 11.5 Å². The number of ether oxygens (including phenoxy) is 4. The lowest BCUT2D eigenvalue weighted by molar-refractivity contribution is -0.0914. The molecule has 12 heteroatoms. The maximum Gasteiger partial charge on any atom is 0.330 e. The molecule has 1 N–H and O–H groups in total. The fraction of sp³-hybridized carbons (Fsp3) is 0.294. The number of methoxy groups -OCH3 is 2. The summed E-state index contributed by atoms with van der Waals surface area (Å²) in [5.74, 6) is 1.40. The molecule has 1 aromatic heterocycles. The molecule has 5 rings (SSSR count). The summed E-state index contributed by atoms with van der Waals surface area (Å²) < 4.78 is 37.4. The highest BCUT2D eigenvalue weighted by atomic mass is 35.7. The van der Waals surface area contributed by atoms with E-state index in [9.17, 15) is 9.59 Å². The molecule has 46 heavy (non-hydrogen) atoms. The Balaban J connectivity index is 1.56. The lowest BCUT2D eigenvalue weighted by atomic mass is 9.80. The van der Waals surface area contributed by atoms with Crippen LogP contribution in [0.25, 0.3) is 0 Å². The molecule has 1 saturated heterocycles. The van der Waals surface area contributed by atoms with E-state index < -0.39 is 43.0 Å². The van der Waals surface area contributed by atoms with Gasteiger partial charge in [-0.2, -0.15) is 0 Å². The van der Waals surface area contributed by atoms with Crippen molar-refractivity contribution in [1.29, 1.82) is 0 Å². The maximum atomic E-state index is 12.8. The second-order valence-corrected chi connectivity index (χ2v) is 12.3. The van der Waals surface area contributed by atoms with Gasteiger partial charge in [-0.1, -0.05) is 60.7 Å². The van der Waals surface area contributed by atoms with Crippen molar-refractivity contribution in [2.24, 2.45) is 0 Å². The van der Waals surface area contributed by atoms with Crippen molar-refractivity contribution in [2.45, 2.75) is 37.4 Å². The molecule has 3 aromatic carbocycles. The number of nitrogens with one attached hydrogen (secondary N) is 1. The van der Waals surface area contributed by atoms with E-state index in [1.807, 2.05) is 78.9 Å². The molecule has 0 saturated carbocycles. The number of aryl methyl sites for hydroxylation is 1. The van der Waals surface area contributed by atoms with Crippen LogP contribution in [0.2, 0.25) is 0 Å². The van der Waals surface area contributed by atoms with Gasteiger partial charge in [-0.05, 0) is 59.1 Å². The van der Waals surface area contributed by atoms with E-state index in [2.05, 4.69) is 11.6 Å². The highest BCUT2D eigenvalue weighted by molar-refractivity contribution is 7.76. The quantitative estimate of drug-likeness (QED) is 0.0961. The number of nitrogens with zero attached hydrogens (tertiary/aromatic N) is 1. The van der Waals surface area contributed by atoms with E-state index in [0.717, 1.165) is 16.7 Å². The predicted molar refractivity (Wildman–Crippen MR) is 177 cm³/mol. The monoisotopic (exact) mass is 666 g/mol. The Labute approximate surface area is 273 Å². The molecule has 0 bridgehead atoms. The average molecular weight is 667 g/mol. The van der Waals surface area contributed by atoms with Gasteiger partial charge in [-0.25, -0.2) is 4.79 Å². The molecular weight excluding hydrogens is 631 g/mol. The molecule has 4 atom stereocenters. The number of hydrogen-bond donors (Lipinski definition) is 1. The number of rotatable bonds is 14. The minimum absolute atomic E-state index is 0.0345. The van der Waals surface area contributed by atoms with E-state index in [0.29, 0.717) is 17.1 Å². The molecule has 242 valence electrons. The molecule has 0 radical (unpaired) electrons. The fourth-order valence-electron chi connectivity index (χ4n) is 5.46. The third kappa shape index (κ3) is 7.28. The summed E-state index contributed by atoms with van der Waals surface area (Å²) in [4.78, 5) is 27.2. The van der Waals surface area contributed by atoms with E-state index in [1.165, 1.54) is 10.8 Å². The average Bonchev–Trinajstić information content (AvgIpc) is 3.48. The highest BCUT2D eigenvalue weighted by Gasteiger charge is 2.44. The Morgan fingerprint density at radius 3 is 2.13 bits per heavy atom. The van der Waals surface area contributed by atoms with Crippen LogP contribution in [0, 0.1) is 6.92 Å². The Morgan fingerprint density at radius 1 is 0.978 bits per heavy atom. The number of H-pyrrole nitrogens is 1. The van der Waals surface area contributed by atoms with Crippen LogP contribution in [-0.2, 0) is 24.1 Å². The molecule has 1 unspecified atom stereocenters. The number of benzene rings is 3. The van der Waals surface area contributed by atoms with Crippen molar-refractivity contribution >= 4 is 19.0 Å². The largest absolute Gasteiger partial charge is 0.497 e. The number of aromatic amines is 1. The third-order valence-corrected chi connectivity index (χ3v) is 9.11. The van der Waals surface area contributed by atoms with Gasteiger partial charge in [-0.3, -0.25) is 14.3 Å². The second-order valence-electron chi connectivity index (χ2n) is 10.6. The van der Waals surface area contributed by atoms with Crippen LogP contribution in [0.3, 0.4) is 0 Å². The molecule has 1 aliphatic rings. The SMILES string of the molecule is C=CCOP(Cl)O[C@H]1C[C@H](n2cc(C)c(=O)[nH]c2=O)O[C@@H]1COC(c1ccccc1)(c1ccc(OC)cc1)c1ccc(OC)cc1. The molecule has 1 aliphatic heterocycles. The summed E-state index contributed by atoms with van der Waals surface area (Å²) in [6.07, 6.45) is 1.27. The summed E-state index contributed by atoms with van der Waals surface area (Å²) in [7, 11) is 1.42. The Kier molecular flexibility index (Phi) is 11.1. The van der Waals surface area contributed by atoms with Crippen LogP contribution in [-0.4, -0.2) is 49.2 Å². The lowest BCUT2D eigenvalue weighted by Gasteiger charge is -2.37. The van der Waals surface area contributed by atoms with Crippen molar-refractivity contribution in [3.05, 3.63) is 141 Å². The lowest BCUT2D eigenvalue weighted by Crippen LogP contribution is -2.38. The number of aromatic nitrogens is 2. The van der Waals surface area contributed by atoms with Gasteiger partial charge < -0.3 is 28.0 Å². The summed E-state index contributed by atoms with van der Waals surface area (Å²) in [5.41, 5.74) is 0.779. The normalized spacial score (nSPS) is 18.7. The zero-order chi connectivity index (χ0) is 32.7. The van der Waals surface area contributed by atoms with E-state index >= 15 is 0 Å². The maximum absolute atomic E-state index is 12.8. The summed E-state index contributed by atoms with van der Waals surface area (Å²) in [5, 5.41) is 0. The van der Waals surface area contributed by atoms with Gasteiger partial charge in [0.1, 0.15) is 29.4 Å². The molecular formula is C34H36ClN2O8P.